The zero-order chi connectivity index (χ0) is 16.6. The fourth-order valence-electron chi connectivity index (χ4n) is 2.40. The molecule has 0 atom stereocenters. The molecular formula is C18H20N4OS. The highest BCUT2D eigenvalue weighted by Gasteiger charge is 2.11. The summed E-state index contributed by atoms with van der Waals surface area (Å²) in [5.41, 5.74) is 2.32. The molecule has 3 rings (SSSR count). The van der Waals surface area contributed by atoms with Crippen molar-refractivity contribution in [3.8, 4) is 10.8 Å². The predicted octanol–water partition coefficient (Wildman–Crippen LogP) is 3.25. The fraction of sp³-hybridized carbons (Fsp3) is 0.278. The number of benzene rings is 1. The Morgan fingerprint density at radius 2 is 1.83 bits per heavy atom. The van der Waals surface area contributed by atoms with Crippen LogP contribution in [-0.2, 0) is 17.8 Å². The summed E-state index contributed by atoms with van der Waals surface area (Å²) in [6, 6.07) is 12.3. The van der Waals surface area contributed by atoms with Crippen molar-refractivity contribution >= 4 is 11.3 Å². The van der Waals surface area contributed by atoms with Gasteiger partial charge in [-0.25, -0.2) is 15.0 Å². The molecule has 0 aliphatic heterocycles. The van der Waals surface area contributed by atoms with Gasteiger partial charge in [0.2, 0.25) is 0 Å². The summed E-state index contributed by atoms with van der Waals surface area (Å²) in [7, 11) is 1.73. The molecule has 6 heteroatoms. The maximum atomic E-state index is 5.24. The van der Waals surface area contributed by atoms with Crippen molar-refractivity contribution in [1.82, 2.24) is 19.9 Å². The van der Waals surface area contributed by atoms with Crippen molar-refractivity contribution in [3.05, 3.63) is 65.4 Å². The number of rotatable bonds is 8. The van der Waals surface area contributed by atoms with E-state index in [1.54, 1.807) is 30.8 Å². The van der Waals surface area contributed by atoms with Crippen LogP contribution in [-0.4, -0.2) is 40.1 Å². The number of hydrogen-bond acceptors (Lipinski definition) is 6. The van der Waals surface area contributed by atoms with Gasteiger partial charge in [0.1, 0.15) is 0 Å². The minimum Gasteiger partial charge on any atom is -0.383 e. The molecule has 2 aromatic heterocycles. The van der Waals surface area contributed by atoms with Gasteiger partial charge in [-0.15, -0.1) is 11.3 Å². The van der Waals surface area contributed by atoms with Crippen LogP contribution in [0.1, 0.15) is 11.3 Å². The molecule has 0 fully saturated rings. The van der Waals surface area contributed by atoms with Crippen LogP contribution in [0.5, 0.6) is 0 Å². The Morgan fingerprint density at radius 1 is 1.04 bits per heavy atom. The number of hydrogen-bond donors (Lipinski definition) is 0. The second-order valence-corrected chi connectivity index (χ2v) is 6.26. The standard InChI is InChI=1S/C18H20N4OS/c1-23-11-10-22(12-15-6-3-2-4-7-15)13-16-14-24-18(21-16)17-19-8-5-9-20-17/h2-9,14H,10-13H2,1H3. The third-order valence-electron chi connectivity index (χ3n) is 3.56. The minimum absolute atomic E-state index is 0.681. The molecule has 0 spiro atoms. The van der Waals surface area contributed by atoms with E-state index in [0.717, 1.165) is 30.3 Å². The lowest BCUT2D eigenvalue weighted by atomic mass is 10.2. The van der Waals surface area contributed by atoms with Gasteiger partial charge in [-0.05, 0) is 11.6 Å². The van der Waals surface area contributed by atoms with E-state index >= 15 is 0 Å². The molecule has 0 saturated carbocycles. The Bertz CT molecular complexity index is 733. The fourth-order valence-corrected chi connectivity index (χ4v) is 3.15. The summed E-state index contributed by atoms with van der Waals surface area (Å²) in [4.78, 5) is 15.5. The number of nitrogens with zero attached hydrogens (tertiary/aromatic N) is 4. The second-order valence-electron chi connectivity index (χ2n) is 5.41. The molecule has 2 heterocycles. The Morgan fingerprint density at radius 3 is 2.58 bits per heavy atom. The quantitative estimate of drug-likeness (QED) is 0.630. The van der Waals surface area contributed by atoms with Crippen molar-refractivity contribution < 1.29 is 4.74 Å². The van der Waals surface area contributed by atoms with Crippen molar-refractivity contribution in [2.24, 2.45) is 0 Å². The van der Waals surface area contributed by atoms with Gasteiger partial charge < -0.3 is 4.74 Å². The maximum absolute atomic E-state index is 5.24. The van der Waals surface area contributed by atoms with E-state index in [1.165, 1.54) is 5.56 Å². The summed E-state index contributed by atoms with van der Waals surface area (Å²) in [5, 5.41) is 2.94. The van der Waals surface area contributed by atoms with E-state index in [0.29, 0.717) is 12.4 Å². The molecule has 0 radical (unpaired) electrons. The molecule has 0 N–H and O–H groups in total. The lowest BCUT2D eigenvalue weighted by molar-refractivity contribution is 0.139. The van der Waals surface area contributed by atoms with E-state index in [9.17, 15) is 0 Å². The first-order valence-electron chi connectivity index (χ1n) is 7.82. The highest BCUT2D eigenvalue weighted by atomic mass is 32.1. The van der Waals surface area contributed by atoms with Gasteiger partial charge in [0.15, 0.2) is 10.8 Å². The van der Waals surface area contributed by atoms with Crippen LogP contribution in [0.2, 0.25) is 0 Å². The number of aromatic nitrogens is 3. The van der Waals surface area contributed by atoms with Gasteiger partial charge in [-0.1, -0.05) is 30.3 Å². The van der Waals surface area contributed by atoms with Gasteiger partial charge in [0.25, 0.3) is 0 Å². The van der Waals surface area contributed by atoms with Crippen molar-refractivity contribution in [3.63, 3.8) is 0 Å². The number of ether oxygens (including phenoxy) is 1. The van der Waals surface area contributed by atoms with Gasteiger partial charge >= 0.3 is 0 Å². The molecule has 3 aromatic rings. The lowest BCUT2D eigenvalue weighted by Crippen LogP contribution is -2.26. The average Bonchev–Trinajstić information content (AvgIpc) is 3.10. The summed E-state index contributed by atoms with van der Waals surface area (Å²) in [5.74, 6) is 0.681. The minimum atomic E-state index is 0.681. The Kier molecular flexibility index (Phi) is 6.01. The molecule has 0 amide bonds. The third kappa shape index (κ3) is 4.67. The Balaban J connectivity index is 1.69. The number of methoxy groups -OCH3 is 1. The lowest BCUT2D eigenvalue weighted by Gasteiger charge is -2.21. The SMILES string of the molecule is COCCN(Cc1ccccc1)Cc1csc(-c2ncccn2)n1. The van der Waals surface area contributed by atoms with Crippen molar-refractivity contribution in [2.45, 2.75) is 13.1 Å². The first-order chi connectivity index (χ1) is 11.8. The predicted molar refractivity (Wildman–Crippen MR) is 95.6 cm³/mol. The van der Waals surface area contributed by atoms with E-state index < -0.39 is 0 Å². The molecule has 0 aliphatic rings. The summed E-state index contributed by atoms with van der Waals surface area (Å²) >= 11 is 1.58. The molecule has 24 heavy (non-hydrogen) atoms. The largest absolute Gasteiger partial charge is 0.383 e. The zero-order valence-electron chi connectivity index (χ0n) is 13.6. The van der Waals surface area contributed by atoms with Gasteiger partial charge in [-0.2, -0.15) is 0 Å². The van der Waals surface area contributed by atoms with E-state index in [2.05, 4.69) is 49.5 Å². The van der Waals surface area contributed by atoms with Crippen LogP contribution in [0, 0.1) is 0 Å². The smallest absolute Gasteiger partial charge is 0.188 e. The Hall–Kier alpha value is -2.15. The molecule has 0 unspecified atom stereocenters. The van der Waals surface area contributed by atoms with E-state index in [1.807, 2.05) is 12.1 Å². The topological polar surface area (TPSA) is 51.1 Å². The summed E-state index contributed by atoms with van der Waals surface area (Å²) in [6.07, 6.45) is 3.48. The molecule has 124 valence electrons. The maximum Gasteiger partial charge on any atom is 0.188 e. The van der Waals surface area contributed by atoms with Crippen LogP contribution < -0.4 is 0 Å². The monoisotopic (exact) mass is 340 g/mol. The van der Waals surface area contributed by atoms with Gasteiger partial charge in [-0.3, -0.25) is 4.90 Å². The van der Waals surface area contributed by atoms with Crippen LogP contribution in [0.25, 0.3) is 10.8 Å². The molecule has 5 nitrogen and oxygen atoms in total. The zero-order valence-corrected chi connectivity index (χ0v) is 14.4. The highest BCUT2D eigenvalue weighted by Crippen LogP contribution is 2.21. The molecular weight excluding hydrogens is 320 g/mol. The highest BCUT2D eigenvalue weighted by molar-refractivity contribution is 7.13. The molecule has 0 aliphatic carbocycles. The van der Waals surface area contributed by atoms with Crippen LogP contribution >= 0.6 is 11.3 Å². The van der Waals surface area contributed by atoms with Crippen molar-refractivity contribution in [1.29, 1.82) is 0 Å². The third-order valence-corrected chi connectivity index (χ3v) is 4.44. The first kappa shape index (κ1) is 16.7. The first-order valence-corrected chi connectivity index (χ1v) is 8.70. The summed E-state index contributed by atoms with van der Waals surface area (Å²) < 4.78 is 5.24. The van der Waals surface area contributed by atoms with Crippen LogP contribution in [0.4, 0.5) is 0 Å². The molecule has 1 aromatic carbocycles. The summed E-state index contributed by atoms with van der Waals surface area (Å²) in [6.45, 7) is 3.21. The molecule has 0 bridgehead atoms. The van der Waals surface area contributed by atoms with Crippen LogP contribution in [0.3, 0.4) is 0 Å². The second kappa shape index (κ2) is 8.63. The molecule has 0 saturated heterocycles. The van der Waals surface area contributed by atoms with Gasteiger partial charge in [0, 0.05) is 44.5 Å². The van der Waals surface area contributed by atoms with E-state index in [4.69, 9.17) is 4.74 Å². The normalized spacial score (nSPS) is 11.1. The van der Waals surface area contributed by atoms with Gasteiger partial charge in [0.05, 0.1) is 12.3 Å². The number of thiazole rings is 1. The van der Waals surface area contributed by atoms with Crippen molar-refractivity contribution in [2.75, 3.05) is 20.3 Å². The Labute approximate surface area is 146 Å². The van der Waals surface area contributed by atoms with E-state index in [-0.39, 0.29) is 0 Å². The average molecular weight is 340 g/mol. The van der Waals surface area contributed by atoms with Crippen LogP contribution in [0.15, 0.2) is 54.2 Å².